The smallest absolute Gasteiger partial charge is 0.262 e. The number of nitrogens with one attached hydrogen (secondary N) is 1. The lowest BCUT2D eigenvalue weighted by Gasteiger charge is -2.36. The first kappa shape index (κ1) is 19.7. The van der Waals surface area contributed by atoms with E-state index >= 15 is 0 Å². The van der Waals surface area contributed by atoms with E-state index in [1.54, 1.807) is 12.1 Å². The van der Waals surface area contributed by atoms with Crippen molar-refractivity contribution in [1.29, 1.82) is 0 Å². The summed E-state index contributed by atoms with van der Waals surface area (Å²) in [6, 6.07) is 4.19. The van der Waals surface area contributed by atoms with Crippen molar-refractivity contribution in [3.63, 3.8) is 0 Å². The number of amides is 4. The molecule has 154 valence electrons. The Hall–Kier alpha value is -2.62. The summed E-state index contributed by atoms with van der Waals surface area (Å²) in [5.74, 6) is -2.00. The van der Waals surface area contributed by atoms with Crippen LogP contribution in [-0.4, -0.2) is 71.8 Å². The minimum atomic E-state index is -0.956. The number of hydrogen-bond acceptors (Lipinski definition) is 7. The molecule has 0 aliphatic carbocycles. The molecule has 2 atom stereocenters. The number of nitrogens with zero attached hydrogens (tertiary/aromatic N) is 2. The van der Waals surface area contributed by atoms with Crippen molar-refractivity contribution in [3.8, 4) is 0 Å². The maximum Gasteiger partial charge on any atom is 0.262 e. The highest BCUT2D eigenvalue weighted by Gasteiger charge is 2.45. The Morgan fingerprint density at radius 1 is 1.24 bits per heavy atom. The predicted octanol–water partition coefficient (Wildman–Crippen LogP) is -0.363. The molecule has 4 amide bonds. The van der Waals surface area contributed by atoms with Crippen molar-refractivity contribution < 1.29 is 23.9 Å². The Labute approximate surface area is 168 Å². The van der Waals surface area contributed by atoms with E-state index < -0.39 is 29.7 Å². The van der Waals surface area contributed by atoms with Crippen molar-refractivity contribution in [1.82, 2.24) is 15.1 Å². The number of carbonyl (C=O) groups excluding carboxylic acids is 4. The van der Waals surface area contributed by atoms with Crippen LogP contribution in [0.1, 0.15) is 45.5 Å². The van der Waals surface area contributed by atoms with Gasteiger partial charge in [-0.05, 0) is 37.6 Å². The average molecular weight is 400 g/mol. The Morgan fingerprint density at radius 3 is 2.66 bits per heavy atom. The van der Waals surface area contributed by atoms with Gasteiger partial charge < -0.3 is 10.5 Å². The van der Waals surface area contributed by atoms with Crippen LogP contribution >= 0.6 is 0 Å². The lowest BCUT2D eigenvalue weighted by atomic mass is 9.95. The third-order valence-corrected chi connectivity index (χ3v) is 6.20. The Bertz CT molecular complexity index is 893. The van der Waals surface area contributed by atoms with Crippen molar-refractivity contribution in [3.05, 3.63) is 34.9 Å². The van der Waals surface area contributed by atoms with Crippen LogP contribution in [0.15, 0.2) is 18.2 Å². The highest BCUT2D eigenvalue weighted by Crippen LogP contribution is 2.30. The summed E-state index contributed by atoms with van der Waals surface area (Å²) in [6.07, 6.45) is 1.08. The van der Waals surface area contributed by atoms with E-state index in [1.165, 1.54) is 0 Å². The lowest BCUT2D eigenvalue weighted by Crippen LogP contribution is -2.54. The molecule has 1 aromatic rings. The van der Waals surface area contributed by atoms with Crippen LogP contribution < -0.4 is 11.1 Å². The molecule has 3 aliphatic rings. The van der Waals surface area contributed by atoms with E-state index in [0.717, 1.165) is 16.9 Å². The van der Waals surface area contributed by atoms with Gasteiger partial charge in [0.1, 0.15) is 6.04 Å². The molecular weight excluding hydrogens is 376 g/mol. The van der Waals surface area contributed by atoms with E-state index in [9.17, 15) is 19.2 Å². The minimum absolute atomic E-state index is 0.100. The molecular formula is C20H24N4O5. The topological polar surface area (TPSA) is 122 Å². The van der Waals surface area contributed by atoms with Crippen LogP contribution in [0.2, 0.25) is 0 Å². The SMILES string of the molecule is CN(Cc1ccc2c(c1)C(=O)N(C1CCC(=O)NC1=O)C2=O)C1(CN)CCOC1. The van der Waals surface area contributed by atoms with Crippen LogP contribution in [0.5, 0.6) is 0 Å². The molecule has 0 aromatic heterocycles. The average Bonchev–Trinajstić information content (AvgIpc) is 3.28. The molecule has 0 bridgehead atoms. The molecule has 3 aliphatic heterocycles. The van der Waals surface area contributed by atoms with Gasteiger partial charge in [-0.1, -0.05) is 6.07 Å². The van der Waals surface area contributed by atoms with E-state index in [1.807, 2.05) is 13.1 Å². The third-order valence-electron chi connectivity index (χ3n) is 6.20. The molecule has 29 heavy (non-hydrogen) atoms. The molecule has 0 spiro atoms. The summed E-state index contributed by atoms with van der Waals surface area (Å²) in [5, 5.41) is 2.20. The van der Waals surface area contributed by atoms with Gasteiger partial charge >= 0.3 is 0 Å². The molecule has 0 saturated carbocycles. The number of carbonyl (C=O) groups is 4. The number of fused-ring (bicyclic) bond motifs is 1. The van der Waals surface area contributed by atoms with Gasteiger partial charge in [0.2, 0.25) is 11.8 Å². The van der Waals surface area contributed by atoms with Crippen molar-refractivity contribution in [2.45, 2.75) is 37.4 Å². The quantitative estimate of drug-likeness (QED) is 0.647. The third kappa shape index (κ3) is 3.25. The molecule has 4 rings (SSSR count). The predicted molar refractivity (Wildman–Crippen MR) is 102 cm³/mol. The first-order chi connectivity index (χ1) is 13.9. The number of piperidine rings is 1. The molecule has 1 aromatic carbocycles. The first-order valence-electron chi connectivity index (χ1n) is 9.70. The van der Waals surface area contributed by atoms with Crippen LogP contribution in [0.4, 0.5) is 0 Å². The molecule has 3 heterocycles. The Kier molecular flexibility index (Phi) is 4.97. The van der Waals surface area contributed by atoms with Gasteiger partial charge in [0.05, 0.1) is 23.3 Å². The zero-order valence-electron chi connectivity index (χ0n) is 16.3. The highest BCUT2D eigenvalue weighted by atomic mass is 16.5. The van der Waals surface area contributed by atoms with Crippen molar-refractivity contribution in [2.75, 3.05) is 26.8 Å². The molecule has 9 nitrogen and oxygen atoms in total. The summed E-state index contributed by atoms with van der Waals surface area (Å²) in [6.45, 7) is 2.24. The Balaban J connectivity index is 1.56. The van der Waals surface area contributed by atoms with Gasteiger partial charge in [-0.3, -0.25) is 34.3 Å². The van der Waals surface area contributed by atoms with Gasteiger partial charge in [-0.25, -0.2) is 0 Å². The van der Waals surface area contributed by atoms with Gasteiger partial charge in [0, 0.05) is 26.1 Å². The highest BCUT2D eigenvalue weighted by molar-refractivity contribution is 6.23. The van der Waals surface area contributed by atoms with Gasteiger partial charge in [-0.15, -0.1) is 0 Å². The number of nitrogens with two attached hydrogens (primary N) is 1. The number of benzene rings is 1. The van der Waals surface area contributed by atoms with Gasteiger partial charge in [0.15, 0.2) is 0 Å². The second-order valence-corrected chi connectivity index (χ2v) is 7.91. The van der Waals surface area contributed by atoms with Crippen LogP contribution in [-0.2, 0) is 20.9 Å². The fourth-order valence-electron chi connectivity index (χ4n) is 4.27. The summed E-state index contributed by atoms with van der Waals surface area (Å²) in [4.78, 5) is 52.3. The number of likely N-dealkylation sites (N-methyl/N-ethyl adjacent to an activating group) is 1. The van der Waals surface area contributed by atoms with Gasteiger partial charge in [0.25, 0.3) is 11.8 Å². The normalized spacial score (nSPS) is 27.0. The maximum absolute atomic E-state index is 12.9. The van der Waals surface area contributed by atoms with E-state index in [2.05, 4.69) is 10.2 Å². The number of ether oxygens (including phenoxy) is 1. The number of hydrogen-bond donors (Lipinski definition) is 2. The van der Waals surface area contributed by atoms with Crippen LogP contribution in [0.25, 0.3) is 0 Å². The standard InChI is InChI=1S/C20H24N4O5/c1-23(20(10-21)6-7-29-11-20)9-12-2-3-13-14(8-12)19(28)24(18(13)27)15-4-5-16(25)22-17(15)26/h2-3,8,15H,4-7,9-11,21H2,1H3,(H,22,25,26). The van der Waals surface area contributed by atoms with Gasteiger partial charge in [-0.2, -0.15) is 0 Å². The second kappa shape index (κ2) is 7.33. The first-order valence-corrected chi connectivity index (χ1v) is 9.70. The zero-order valence-corrected chi connectivity index (χ0v) is 16.3. The minimum Gasteiger partial charge on any atom is -0.379 e. The zero-order chi connectivity index (χ0) is 20.8. The van der Waals surface area contributed by atoms with Crippen molar-refractivity contribution >= 4 is 23.6 Å². The molecule has 0 radical (unpaired) electrons. The fraction of sp³-hybridized carbons (Fsp3) is 0.500. The molecule has 2 saturated heterocycles. The summed E-state index contributed by atoms with van der Waals surface area (Å²) >= 11 is 0. The lowest BCUT2D eigenvalue weighted by molar-refractivity contribution is -0.136. The molecule has 9 heteroatoms. The largest absolute Gasteiger partial charge is 0.379 e. The second-order valence-electron chi connectivity index (χ2n) is 7.91. The number of rotatable bonds is 5. The molecule has 2 fully saturated rings. The Morgan fingerprint density at radius 2 is 2.00 bits per heavy atom. The van der Waals surface area contributed by atoms with Crippen molar-refractivity contribution in [2.24, 2.45) is 5.73 Å². The number of imide groups is 2. The summed E-state index contributed by atoms with van der Waals surface area (Å²) < 4.78 is 5.53. The molecule has 3 N–H and O–H groups in total. The van der Waals surface area contributed by atoms with Crippen LogP contribution in [0, 0.1) is 0 Å². The van der Waals surface area contributed by atoms with E-state index in [4.69, 9.17) is 10.5 Å². The van der Waals surface area contributed by atoms with Crippen LogP contribution in [0.3, 0.4) is 0 Å². The maximum atomic E-state index is 12.9. The summed E-state index contributed by atoms with van der Waals surface area (Å²) in [5.41, 5.74) is 7.19. The molecule has 2 unspecified atom stereocenters. The fourth-order valence-corrected chi connectivity index (χ4v) is 4.27. The van der Waals surface area contributed by atoms with E-state index in [0.29, 0.717) is 26.3 Å². The monoisotopic (exact) mass is 400 g/mol. The van der Waals surface area contributed by atoms with E-state index in [-0.39, 0.29) is 29.5 Å². The summed E-state index contributed by atoms with van der Waals surface area (Å²) in [7, 11) is 1.97.